The number of esters is 3. The van der Waals surface area contributed by atoms with Crippen molar-refractivity contribution in [2.75, 3.05) is 19.5 Å². The Morgan fingerprint density at radius 2 is 1.59 bits per heavy atom. The smallest absolute Gasteiger partial charge is 0.356 e. The van der Waals surface area contributed by atoms with Crippen molar-refractivity contribution in [1.82, 2.24) is 4.90 Å². The molecule has 1 amide bonds. The van der Waals surface area contributed by atoms with Crippen LogP contribution >= 0.6 is 0 Å². The van der Waals surface area contributed by atoms with Crippen molar-refractivity contribution < 1.29 is 41.8 Å². The van der Waals surface area contributed by atoms with Crippen molar-refractivity contribution in [2.24, 2.45) is 0 Å². The minimum absolute atomic E-state index is 0.109. The first-order valence-corrected chi connectivity index (χ1v) is 12.9. The predicted octanol–water partition coefficient (Wildman–Crippen LogP) is 1.83. The lowest BCUT2D eigenvalue weighted by Gasteiger charge is -2.45. The van der Waals surface area contributed by atoms with Crippen molar-refractivity contribution in [3.8, 4) is 0 Å². The second-order valence-corrected chi connectivity index (χ2v) is 10.4. The molecule has 0 bridgehead atoms. The molecule has 0 spiro atoms. The standard InChI is InChI=1S/C26H23NO9S/c1-16(28)35-14-19-15-37(32,33)25-20(13-21(29)34-2)24(30)27(25)22(19)26(31)36-23(17-9-5-3-6-10-17)18-11-7-4-8-12-18/h3-13,23,25H,14-15H2,1-2H3/b20-13-/t25-/m1/s1. The Kier molecular flexibility index (Phi) is 7.25. The van der Waals surface area contributed by atoms with Crippen molar-refractivity contribution >= 4 is 33.7 Å². The summed E-state index contributed by atoms with van der Waals surface area (Å²) < 4.78 is 41.5. The van der Waals surface area contributed by atoms with Crippen molar-refractivity contribution in [3.63, 3.8) is 0 Å². The average molecular weight is 526 g/mol. The van der Waals surface area contributed by atoms with Crippen LogP contribution in [-0.2, 0) is 43.2 Å². The fourth-order valence-electron chi connectivity index (χ4n) is 4.16. The first-order valence-electron chi connectivity index (χ1n) is 11.1. The Morgan fingerprint density at radius 3 is 2.11 bits per heavy atom. The summed E-state index contributed by atoms with van der Waals surface area (Å²) in [5.41, 5.74) is 0.508. The summed E-state index contributed by atoms with van der Waals surface area (Å²) in [5.74, 6) is -4.15. The van der Waals surface area contributed by atoms with Gasteiger partial charge in [-0.3, -0.25) is 14.5 Å². The monoisotopic (exact) mass is 525 g/mol. The molecule has 1 saturated heterocycles. The number of fused-ring (bicyclic) bond motifs is 1. The molecule has 2 aromatic rings. The maximum atomic E-state index is 13.6. The van der Waals surface area contributed by atoms with Crippen LogP contribution in [0.3, 0.4) is 0 Å². The Bertz CT molecular complexity index is 1370. The Hall–Kier alpha value is -4.25. The van der Waals surface area contributed by atoms with E-state index < -0.39 is 57.5 Å². The summed E-state index contributed by atoms with van der Waals surface area (Å²) in [4.78, 5) is 50.6. The number of benzene rings is 2. The highest BCUT2D eigenvalue weighted by Gasteiger charge is 2.57. The van der Waals surface area contributed by atoms with E-state index in [4.69, 9.17) is 9.47 Å². The molecule has 4 rings (SSSR count). The maximum absolute atomic E-state index is 13.6. The summed E-state index contributed by atoms with van der Waals surface area (Å²) in [5, 5.41) is -1.57. The lowest BCUT2D eigenvalue weighted by atomic mass is 10.00. The molecule has 2 heterocycles. The summed E-state index contributed by atoms with van der Waals surface area (Å²) in [6, 6.07) is 17.8. The highest BCUT2D eigenvalue weighted by Crippen LogP contribution is 2.41. The van der Waals surface area contributed by atoms with Crippen LogP contribution in [0.15, 0.2) is 83.6 Å². The highest BCUT2D eigenvalue weighted by molar-refractivity contribution is 7.92. The van der Waals surface area contributed by atoms with Gasteiger partial charge in [0.2, 0.25) is 0 Å². The lowest BCUT2D eigenvalue weighted by molar-refractivity contribution is -0.149. The predicted molar refractivity (Wildman–Crippen MR) is 129 cm³/mol. The van der Waals surface area contributed by atoms with E-state index in [0.717, 1.165) is 25.0 Å². The van der Waals surface area contributed by atoms with Crippen LogP contribution in [0.1, 0.15) is 24.2 Å². The van der Waals surface area contributed by atoms with Gasteiger partial charge in [-0.1, -0.05) is 60.7 Å². The summed E-state index contributed by atoms with van der Waals surface area (Å²) in [6.45, 7) is 0.596. The minimum atomic E-state index is -4.08. The van der Waals surface area contributed by atoms with Crippen LogP contribution < -0.4 is 0 Å². The number of methoxy groups -OCH3 is 1. The average Bonchev–Trinajstić information content (AvgIpc) is 2.89. The zero-order chi connectivity index (χ0) is 26.7. The fraction of sp³-hybridized carbons (Fsp3) is 0.231. The lowest BCUT2D eigenvalue weighted by Crippen LogP contribution is -2.62. The van der Waals surface area contributed by atoms with Gasteiger partial charge in [-0.25, -0.2) is 18.0 Å². The van der Waals surface area contributed by atoms with Gasteiger partial charge in [-0.05, 0) is 11.1 Å². The number of sulfone groups is 1. The number of β-lactam (4-membered cyclic amide) rings is 1. The molecule has 0 N–H and O–H groups in total. The van der Waals surface area contributed by atoms with Crippen LogP contribution in [0.4, 0.5) is 0 Å². The van der Waals surface area contributed by atoms with Crippen molar-refractivity contribution in [3.05, 3.63) is 94.7 Å². The summed E-state index contributed by atoms with van der Waals surface area (Å²) in [6.07, 6.45) is -0.0894. The Labute approximate surface area is 213 Å². The van der Waals surface area contributed by atoms with Gasteiger partial charge in [-0.2, -0.15) is 0 Å². The van der Waals surface area contributed by atoms with E-state index in [-0.39, 0.29) is 16.8 Å². The fourth-order valence-corrected chi connectivity index (χ4v) is 6.11. The first kappa shape index (κ1) is 25.8. The molecule has 192 valence electrons. The molecular weight excluding hydrogens is 502 g/mol. The molecule has 0 aliphatic carbocycles. The SMILES string of the molecule is COC(=O)/C=C1/C(=O)N2C(C(=O)OC(c3ccccc3)c3ccccc3)=C(COC(C)=O)CS(=O)(=O)[C@H]12. The number of hydrogen-bond donors (Lipinski definition) is 0. The quantitative estimate of drug-likeness (QED) is 0.230. The van der Waals surface area contributed by atoms with Gasteiger partial charge in [0.05, 0.1) is 18.4 Å². The molecule has 2 aliphatic rings. The molecule has 2 aromatic carbocycles. The van der Waals surface area contributed by atoms with Crippen LogP contribution in [0.25, 0.3) is 0 Å². The van der Waals surface area contributed by atoms with Crippen LogP contribution in [0.5, 0.6) is 0 Å². The number of nitrogens with zero attached hydrogens (tertiary/aromatic N) is 1. The molecule has 0 unspecified atom stereocenters. The number of amides is 1. The first-order chi connectivity index (χ1) is 17.6. The van der Waals surface area contributed by atoms with Crippen molar-refractivity contribution in [2.45, 2.75) is 18.4 Å². The van der Waals surface area contributed by atoms with E-state index in [1.807, 2.05) is 0 Å². The van der Waals surface area contributed by atoms with E-state index in [2.05, 4.69) is 4.74 Å². The molecule has 11 heteroatoms. The minimum Gasteiger partial charge on any atom is -0.466 e. The molecule has 1 atom stereocenters. The third-order valence-corrected chi connectivity index (χ3v) is 7.70. The largest absolute Gasteiger partial charge is 0.466 e. The summed E-state index contributed by atoms with van der Waals surface area (Å²) >= 11 is 0. The van der Waals surface area contributed by atoms with Gasteiger partial charge >= 0.3 is 17.9 Å². The molecule has 0 saturated carbocycles. The highest BCUT2D eigenvalue weighted by atomic mass is 32.2. The Morgan fingerprint density at radius 1 is 1.03 bits per heavy atom. The van der Waals surface area contributed by atoms with E-state index in [1.54, 1.807) is 60.7 Å². The molecule has 2 aliphatic heterocycles. The topological polar surface area (TPSA) is 133 Å². The van der Waals surface area contributed by atoms with E-state index in [9.17, 15) is 27.6 Å². The zero-order valence-electron chi connectivity index (χ0n) is 19.9. The van der Waals surface area contributed by atoms with Gasteiger partial charge in [0.1, 0.15) is 12.3 Å². The van der Waals surface area contributed by atoms with Gasteiger partial charge in [-0.15, -0.1) is 0 Å². The molecule has 37 heavy (non-hydrogen) atoms. The van der Waals surface area contributed by atoms with Crippen molar-refractivity contribution in [1.29, 1.82) is 0 Å². The van der Waals surface area contributed by atoms with E-state index in [1.165, 1.54) is 0 Å². The Balaban J connectivity index is 1.78. The number of carbonyl (C=O) groups excluding carboxylic acids is 4. The number of rotatable bonds is 7. The number of carbonyl (C=O) groups is 4. The van der Waals surface area contributed by atoms with Crippen LogP contribution in [0, 0.1) is 0 Å². The zero-order valence-corrected chi connectivity index (χ0v) is 20.8. The van der Waals surface area contributed by atoms with Crippen LogP contribution in [0.2, 0.25) is 0 Å². The summed E-state index contributed by atoms with van der Waals surface area (Å²) in [7, 11) is -3.00. The number of ether oxygens (including phenoxy) is 3. The van der Waals surface area contributed by atoms with Gasteiger partial charge in [0.25, 0.3) is 5.91 Å². The molecular formula is C26H23NO9S. The van der Waals surface area contributed by atoms with Gasteiger partial charge in [0.15, 0.2) is 21.3 Å². The molecule has 10 nitrogen and oxygen atoms in total. The van der Waals surface area contributed by atoms with Crippen LogP contribution in [-0.4, -0.2) is 62.0 Å². The third kappa shape index (κ3) is 5.17. The second-order valence-electron chi connectivity index (χ2n) is 8.30. The maximum Gasteiger partial charge on any atom is 0.356 e. The molecule has 1 fully saturated rings. The van der Waals surface area contributed by atoms with E-state index in [0.29, 0.717) is 11.1 Å². The van der Waals surface area contributed by atoms with E-state index >= 15 is 0 Å². The normalized spacial score (nSPS) is 19.2. The van der Waals surface area contributed by atoms with Gasteiger partial charge in [0, 0.05) is 18.6 Å². The molecule has 0 radical (unpaired) electrons. The number of hydrogen-bond acceptors (Lipinski definition) is 9. The molecule has 0 aromatic heterocycles. The second kappa shape index (κ2) is 10.4. The third-order valence-electron chi connectivity index (χ3n) is 5.80. The van der Waals surface area contributed by atoms with Gasteiger partial charge < -0.3 is 14.2 Å².